The minimum absolute atomic E-state index is 0.0597. The van der Waals surface area contributed by atoms with Gasteiger partial charge in [0.1, 0.15) is 5.57 Å². The highest BCUT2D eigenvalue weighted by Crippen LogP contribution is 2.30. The molecule has 0 aromatic heterocycles. The van der Waals surface area contributed by atoms with E-state index in [1.807, 2.05) is 0 Å². The van der Waals surface area contributed by atoms with Crippen LogP contribution in [0.15, 0.2) is 78.4 Å². The van der Waals surface area contributed by atoms with Crippen molar-refractivity contribution in [2.45, 2.75) is 6.92 Å². The second-order valence-electron chi connectivity index (χ2n) is 8.26. The van der Waals surface area contributed by atoms with Gasteiger partial charge >= 0.3 is 12.0 Å². The van der Waals surface area contributed by atoms with Crippen molar-refractivity contribution in [1.29, 1.82) is 0 Å². The zero-order valence-corrected chi connectivity index (χ0v) is 20.7. The zero-order chi connectivity index (χ0) is 28.1. The van der Waals surface area contributed by atoms with E-state index in [4.69, 9.17) is 9.47 Å². The van der Waals surface area contributed by atoms with E-state index in [9.17, 15) is 29.3 Å². The van der Waals surface area contributed by atoms with Crippen LogP contribution in [0.4, 0.5) is 16.2 Å². The number of nitro groups is 1. The van der Waals surface area contributed by atoms with Gasteiger partial charge < -0.3 is 9.47 Å². The molecule has 0 atom stereocenters. The topological polar surface area (TPSA) is 145 Å². The number of ether oxygens (including phenoxy) is 2. The number of anilines is 1. The number of esters is 1. The highest BCUT2D eigenvalue weighted by Gasteiger charge is 2.37. The number of aryl methyl sites for hydroxylation is 1. The standard InChI is InChI=1S/C28H21N3O8/c1-17-6-3-4-9-22(17)30-27(34)21(26(33)29-28(30)35)15-19-10-12-23(24(16-19)38-2)39-25(32)13-11-18-7-5-8-20(14-18)31(36)37/h3-16H,1-2H3,(H,29,33,35)/b13-11+,21-15+. The number of nitro benzene ring substituents is 1. The van der Waals surface area contributed by atoms with Crippen molar-refractivity contribution in [2.75, 3.05) is 12.0 Å². The summed E-state index contributed by atoms with van der Waals surface area (Å²) in [4.78, 5) is 61.7. The van der Waals surface area contributed by atoms with Gasteiger partial charge in [0.2, 0.25) is 0 Å². The van der Waals surface area contributed by atoms with Gasteiger partial charge in [-0.2, -0.15) is 0 Å². The quantitative estimate of drug-likeness (QED) is 0.120. The van der Waals surface area contributed by atoms with E-state index < -0.39 is 28.7 Å². The monoisotopic (exact) mass is 527 g/mol. The molecule has 0 radical (unpaired) electrons. The Kier molecular flexibility index (Phi) is 7.62. The molecule has 1 aliphatic heterocycles. The van der Waals surface area contributed by atoms with Gasteiger partial charge in [0, 0.05) is 18.2 Å². The van der Waals surface area contributed by atoms with Crippen LogP contribution in [0, 0.1) is 17.0 Å². The van der Waals surface area contributed by atoms with Crippen molar-refractivity contribution in [1.82, 2.24) is 5.32 Å². The maximum Gasteiger partial charge on any atom is 0.336 e. The number of amides is 4. The summed E-state index contributed by atoms with van der Waals surface area (Å²) in [5.74, 6) is -2.21. The van der Waals surface area contributed by atoms with Gasteiger partial charge in [-0.1, -0.05) is 36.4 Å². The number of hydrogen-bond acceptors (Lipinski definition) is 8. The molecular weight excluding hydrogens is 506 g/mol. The number of nitrogens with one attached hydrogen (secondary N) is 1. The van der Waals surface area contributed by atoms with Crippen LogP contribution in [0.1, 0.15) is 16.7 Å². The number of rotatable bonds is 7. The van der Waals surface area contributed by atoms with Gasteiger partial charge in [0.15, 0.2) is 11.5 Å². The van der Waals surface area contributed by atoms with Crippen molar-refractivity contribution in [2.24, 2.45) is 0 Å². The molecule has 1 heterocycles. The van der Waals surface area contributed by atoms with Gasteiger partial charge in [-0.3, -0.25) is 25.0 Å². The summed E-state index contributed by atoms with van der Waals surface area (Å²) in [6.07, 6.45) is 3.78. The second-order valence-corrected chi connectivity index (χ2v) is 8.26. The Morgan fingerprint density at radius 3 is 2.46 bits per heavy atom. The van der Waals surface area contributed by atoms with Gasteiger partial charge in [-0.25, -0.2) is 14.5 Å². The fourth-order valence-corrected chi connectivity index (χ4v) is 3.76. The summed E-state index contributed by atoms with van der Waals surface area (Å²) >= 11 is 0. The Balaban J connectivity index is 1.55. The zero-order valence-electron chi connectivity index (χ0n) is 20.7. The first-order valence-corrected chi connectivity index (χ1v) is 11.5. The Labute approximate surface area is 222 Å². The van der Waals surface area contributed by atoms with E-state index >= 15 is 0 Å². The highest BCUT2D eigenvalue weighted by atomic mass is 16.6. The predicted molar refractivity (Wildman–Crippen MR) is 141 cm³/mol. The van der Waals surface area contributed by atoms with E-state index in [0.29, 0.717) is 22.4 Å². The third-order valence-corrected chi connectivity index (χ3v) is 5.66. The smallest absolute Gasteiger partial charge is 0.336 e. The number of urea groups is 1. The maximum atomic E-state index is 13.1. The van der Waals surface area contributed by atoms with E-state index in [1.54, 1.807) is 37.3 Å². The van der Waals surface area contributed by atoms with Crippen molar-refractivity contribution in [3.8, 4) is 11.5 Å². The first kappa shape index (κ1) is 26.5. The summed E-state index contributed by atoms with van der Waals surface area (Å²) in [6.45, 7) is 1.74. The second kappa shape index (κ2) is 11.2. The molecule has 1 N–H and O–H groups in total. The highest BCUT2D eigenvalue weighted by molar-refractivity contribution is 6.39. The fourth-order valence-electron chi connectivity index (χ4n) is 3.76. The van der Waals surface area contributed by atoms with Crippen molar-refractivity contribution >= 4 is 47.3 Å². The van der Waals surface area contributed by atoms with Crippen molar-refractivity contribution < 1.29 is 33.6 Å². The van der Waals surface area contributed by atoms with E-state index in [2.05, 4.69) is 5.32 Å². The lowest BCUT2D eigenvalue weighted by Crippen LogP contribution is -2.54. The number of methoxy groups -OCH3 is 1. The lowest BCUT2D eigenvalue weighted by molar-refractivity contribution is -0.384. The van der Waals surface area contributed by atoms with Gasteiger partial charge in [-0.05, 0) is 54.0 Å². The molecular formula is C28H21N3O8. The Bertz CT molecular complexity index is 1570. The molecule has 1 aliphatic rings. The first-order chi connectivity index (χ1) is 18.7. The average molecular weight is 527 g/mol. The average Bonchev–Trinajstić information content (AvgIpc) is 2.91. The largest absolute Gasteiger partial charge is 0.493 e. The molecule has 0 unspecified atom stereocenters. The molecule has 0 spiro atoms. The minimum atomic E-state index is -0.852. The first-order valence-electron chi connectivity index (χ1n) is 11.5. The number of barbiturate groups is 1. The van der Waals surface area contributed by atoms with Crippen molar-refractivity contribution in [3.63, 3.8) is 0 Å². The lowest BCUT2D eigenvalue weighted by atomic mass is 10.1. The molecule has 39 heavy (non-hydrogen) atoms. The third-order valence-electron chi connectivity index (χ3n) is 5.66. The number of benzene rings is 3. The van der Waals surface area contributed by atoms with Gasteiger partial charge in [0.25, 0.3) is 17.5 Å². The Morgan fingerprint density at radius 2 is 1.74 bits per heavy atom. The molecule has 4 amide bonds. The molecule has 196 valence electrons. The number of imide groups is 2. The molecule has 4 rings (SSSR count). The summed E-state index contributed by atoms with van der Waals surface area (Å²) in [6, 6.07) is 16.0. The summed E-state index contributed by atoms with van der Waals surface area (Å²) < 4.78 is 10.6. The van der Waals surface area contributed by atoms with Gasteiger partial charge in [0.05, 0.1) is 17.7 Å². The number of hydrogen-bond donors (Lipinski definition) is 1. The molecule has 11 heteroatoms. The van der Waals surface area contributed by atoms with Crippen LogP contribution in [0.25, 0.3) is 12.2 Å². The Hall–Kier alpha value is -5.58. The molecule has 0 saturated carbocycles. The van der Waals surface area contributed by atoms with E-state index in [-0.39, 0.29) is 22.8 Å². The van der Waals surface area contributed by atoms with Crippen LogP contribution in [0.2, 0.25) is 0 Å². The van der Waals surface area contributed by atoms with Crippen LogP contribution in [-0.2, 0) is 14.4 Å². The number of nitrogens with zero attached hydrogens (tertiary/aromatic N) is 2. The fraction of sp³-hybridized carbons (Fsp3) is 0.0714. The van der Waals surface area contributed by atoms with Crippen molar-refractivity contribution in [3.05, 3.63) is 105 Å². The lowest BCUT2D eigenvalue weighted by Gasteiger charge is -2.27. The van der Waals surface area contributed by atoms with Crippen LogP contribution in [0.5, 0.6) is 11.5 Å². The Morgan fingerprint density at radius 1 is 0.974 bits per heavy atom. The summed E-state index contributed by atoms with van der Waals surface area (Å²) in [7, 11) is 1.35. The number of carbonyl (C=O) groups is 4. The molecule has 1 fully saturated rings. The SMILES string of the molecule is COc1cc(/C=C2\C(=O)NC(=O)N(c3ccccc3C)C2=O)ccc1OC(=O)/C=C/c1cccc([N+](=O)[O-])c1. The molecule has 3 aromatic carbocycles. The summed E-state index contributed by atoms with van der Waals surface area (Å²) in [5, 5.41) is 13.1. The van der Waals surface area contributed by atoms with Crippen LogP contribution in [0.3, 0.4) is 0 Å². The maximum absolute atomic E-state index is 13.1. The number of non-ortho nitro benzene ring substituents is 1. The minimum Gasteiger partial charge on any atom is -0.493 e. The number of para-hydroxylation sites is 1. The molecule has 3 aromatic rings. The molecule has 0 aliphatic carbocycles. The third kappa shape index (κ3) is 5.88. The molecule has 0 bridgehead atoms. The predicted octanol–water partition coefficient (Wildman–Crippen LogP) is 4.20. The molecule has 11 nitrogen and oxygen atoms in total. The van der Waals surface area contributed by atoms with Crippen LogP contribution >= 0.6 is 0 Å². The number of carbonyl (C=O) groups excluding carboxylic acids is 4. The normalized spacial score (nSPS) is 14.5. The molecule has 1 saturated heterocycles. The van der Waals surface area contributed by atoms with Crippen LogP contribution in [-0.4, -0.2) is 35.8 Å². The summed E-state index contributed by atoms with van der Waals surface area (Å²) in [5.41, 5.74) is 1.43. The van der Waals surface area contributed by atoms with E-state index in [1.165, 1.54) is 55.7 Å². The van der Waals surface area contributed by atoms with Gasteiger partial charge in [-0.15, -0.1) is 0 Å². The van der Waals surface area contributed by atoms with E-state index in [0.717, 1.165) is 11.0 Å². The van der Waals surface area contributed by atoms with Crippen LogP contribution < -0.4 is 19.7 Å².